The van der Waals surface area contributed by atoms with Crippen molar-refractivity contribution in [2.24, 2.45) is 7.05 Å². The Labute approximate surface area is 103 Å². The quantitative estimate of drug-likeness (QED) is 0.564. The number of carbonyl (C=O) groups excluding carboxylic acids is 1. The number of fused-ring (bicyclic) bond motifs is 1. The fourth-order valence-corrected chi connectivity index (χ4v) is 2.34. The summed E-state index contributed by atoms with van der Waals surface area (Å²) >= 11 is 0. The molecule has 1 aromatic rings. The summed E-state index contributed by atoms with van der Waals surface area (Å²) in [6.45, 7) is 2.16. The van der Waals surface area contributed by atoms with Crippen molar-refractivity contribution in [3.63, 3.8) is 0 Å². The zero-order valence-electron chi connectivity index (χ0n) is 10.7. The highest BCUT2D eigenvalue weighted by molar-refractivity contribution is 6.00. The van der Waals surface area contributed by atoms with E-state index in [-0.39, 0.29) is 5.78 Å². The smallest absolute Gasteiger partial charge is 0.165 e. The lowest BCUT2D eigenvalue weighted by atomic mass is 9.94. The summed E-state index contributed by atoms with van der Waals surface area (Å²) < 4.78 is 2.07. The predicted molar refractivity (Wildman–Crippen MR) is 69.1 cm³/mol. The molecular formula is C15H19NO. The van der Waals surface area contributed by atoms with Crippen LogP contribution < -0.4 is 0 Å². The van der Waals surface area contributed by atoms with Crippen LogP contribution in [-0.2, 0) is 13.5 Å². The van der Waals surface area contributed by atoms with Gasteiger partial charge in [0, 0.05) is 31.8 Å². The second kappa shape index (κ2) is 5.23. The Balaban J connectivity index is 2.28. The first kappa shape index (κ1) is 12.0. The van der Waals surface area contributed by atoms with Crippen molar-refractivity contribution in [1.29, 1.82) is 0 Å². The molecule has 2 heteroatoms. The Morgan fingerprint density at radius 3 is 3.00 bits per heavy atom. The fraction of sp³-hybridized carbons (Fsp3) is 0.533. The Morgan fingerprint density at radius 1 is 1.41 bits per heavy atom. The molecule has 2 rings (SSSR count). The minimum Gasteiger partial charge on any atom is -0.352 e. The number of hydrogen-bond donors (Lipinski definition) is 0. The van der Waals surface area contributed by atoms with Crippen molar-refractivity contribution >= 4 is 5.78 Å². The van der Waals surface area contributed by atoms with Crippen LogP contribution in [0.4, 0.5) is 0 Å². The number of carbonyl (C=O) groups is 1. The number of ketones is 1. The number of aryl methyl sites for hydroxylation is 1. The third-order valence-corrected chi connectivity index (χ3v) is 3.28. The van der Waals surface area contributed by atoms with E-state index in [1.165, 1.54) is 12.1 Å². The number of nitrogens with zero attached hydrogens (tertiary/aromatic N) is 1. The van der Waals surface area contributed by atoms with E-state index in [1.54, 1.807) is 0 Å². The topological polar surface area (TPSA) is 22.0 Å². The third-order valence-electron chi connectivity index (χ3n) is 3.28. The van der Waals surface area contributed by atoms with Gasteiger partial charge in [-0.1, -0.05) is 25.2 Å². The van der Waals surface area contributed by atoms with Gasteiger partial charge < -0.3 is 4.57 Å². The highest BCUT2D eigenvalue weighted by atomic mass is 16.1. The monoisotopic (exact) mass is 229 g/mol. The molecule has 0 amide bonds. The van der Waals surface area contributed by atoms with Gasteiger partial charge >= 0.3 is 0 Å². The van der Waals surface area contributed by atoms with Crippen LogP contribution in [0.5, 0.6) is 0 Å². The van der Waals surface area contributed by atoms with E-state index in [9.17, 15) is 4.79 Å². The van der Waals surface area contributed by atoms with Crippen molar-refractivity contribution < 1.29 is 4.79 Å². The molecule has 0 aliphatic heterocycles. The molecule has 1 aliphatic carbocycles. The Hall–Kier alpha value is -1.49. The van der Waals surface area contributed by atoms with E-state index < -0.39 is 0 Å². The second-order valence-electron chi connectivity index (χ2n) is 4.66. The molecule has 0 aromatic carbocycles. The number of rotatable bonds is 2. The zero-order chi connectivity index (χ0) is 12.3. The van der Waals surface area contributed by atoms with Crippen molar-refractivity contribution in [2.45, 2.75) is 45.4 Å². The highest BCUT2D eigenvalue weighted by Gasteiger charge is 2.23. The van der Waals surface area contributed by atoms with Gasteiger partial charge in [-0.15, -0.1) is 0 Å². The third kappa shape index (κ3) is 2.44. The standard InChI is InChI=1S/C15H19NO/c1-3-4-5-6-8-12-11-16(2)13-9-7-10-14(17)15(12)13/h11H,3-5,7,9-10H2,1-2H3. The Morgan fingerprint density at radius 2 is 2.24 bits per heavy atom. The lowest BCUT2D eigenvalue weighted by molar-refractivity contribution is 0.0971. The lowest BCUT2D eigenvalue weighted by Gasteiger charge is -2.12. The van der Waals surface area contributed by atoms with E-state index in [1.807, 2.05) is 13.2 Å². The summed E-state index contributed by atoms with van der Waals surface area (Å²) in [6.07, 6.45) is 7.90. The molecule has 1 heterocycles. The molecule has 1 aliphatic rings. The van der Waals surface area contributed by atoms with Crippen LogP contribution in [0.15, 0.2) is 6.20 Å². The first-order valence-electron chi connectivity index (χ1n) is 6.44. The van der Waals surface area contributed by atoms with E-state index in [0.29, 0.717) is 6.42 Å². The second-order valence-corrected chi connectivity index (χ2v) is 4.66. The SMILES string of the molecule is CCCCC#Cc1cn(C)c2c1C(=O)CCC2. The van der Waals surface area contributed by atoms with Gasteiger partial charge in [0.1, 0.15) is 0 Å². The first-order chi connectivity index (χ1) is 8.24. The molecule has 0 saturated heterocycles. The first-order valence-corrected chi connectivity index (χ1v) is 6.44. The highest BCUT2D eigenvalue weighted by Crippen LogP contribution is 2.25. The maximum atomic E-state index is 11.9. The van der Waals surface area contributed by atoms with Crippen molar-refractivity contribution in [3.8, 4) is 11.8 Å². The maximum absolute atomic E-state index is 11.9. The van der Waals surface area contributed by atoms with Crippen molar-refractivity contribution in [3.05, 3.63) is 23.0 Å². The van der Waals surface area contributed by atoms with Crippen LogP contribution in [0.2, 0.25) is 0 Å². The summed E-state index contributed by atoms with van der Waals surface area (Å²) in [5, 5.41) is 0. The van der Waals surface area contributed by atoms with Crippen LogP contribution in [0.3, 0.4) is 0 Å². The molecular weight excluding hydrogens is 210 g/mol. The van der Waals surface area contributed by atoms with Crippen LogP contribution >= 0.6 is 0 Å². The molecule has 0 atom stereocenters. The van der Waals surface area contributed by atoms with Crippen molar-refractivity contribution in [1.82, 2.24) is 4.57 Å². The molecule has 17 heavy (non-hydrogen) atoms. The van der Waals surface area contributed by atoms with Crippen molar-refractivity contribution in [2.75, 3.05) is 0 Å². The summed E-state index contributed by atoms with van der Waals surface area (Å²) in [5.41, 5.74) is 2.99. The van der Waals surface area contributed by atoms with Gasteiger partial charge in [0.25, 0.3) is 0 Å². The van der Waals surface area contributed by atoms with Gasteiger partial charge in [-0.25, -0.2) is 0 Å². The Kier molecular flexibility index (Phi) is 3.68. The summed E-state index contributed by atoms with van der Waals surface area (Å²) in [4.78, 5) is 11.9. The number of Topliss-reactive ketones (excluding diaryl/α,β-unsaturated/α-hetero) is 1. The molecule has 0 radical (unpaired) electrons. The minimum atomic E-state index is 0.270. The van der Waals surface area contributed by atoms with Gasteiger partial charge in [0.2, 0.25) is 0 Å². The Bertz CT molecular complexity index is 485. The number of hydrogen-bond acceptors (Lipinski definition) is 1. The molecule has 90 valence electrons. The van der Waals surface area contributed by atoms with E-state index >= 15 is 0 Å². The number of unbranched alkanes of at least 4 members (excludes halogenated alkanes) is 2. The normalized spacial score (nSPS) is 14.1. The average Bonchev–Trinajstić information content (AvgIpc) is 2.64. The van der Waals surface area contributed by atoms with Gasteiger partial charge in [-0.3, -0.25) is 4.79 Å². The molecule has 0 bridgehead atoms. The molecule has 2 nitrogen and oxygen atoms in total. The zero-order valence-corrected chi connectivity index (χ0v) is 10.7. The largest absolute Gasteiger partial charge is 0.352 e. The predicted octanol–water partition coefficient (Wildman–Crippen LogP) is 3.09. The average molecular weight is 229 g/mol. The van der Waals surface area contributed by atoms with Crippen LogP contribution in [0, 0.1) is 11.8 Å². The summed E-state index contributed by atoms with van der Waals surface area (Å²) in [7, 11) is 2.01. The summed E-state index contributed by atoms with van der Waals surface area (Å²) in [6, 6.07) is 0. The molecule has 0 N–H and O–H groups in total. The van der Waals surface area contributed by atoms with Gasteiger partial charge in [-0.2, -0.15) is 0 Å². The fourth-order valence-electron chi connectivity index (χ4n) is 2.34. The molecule has 1 aromatic heterocycles. The van der Waals surface area contributed by atoms with Crippen LogP contribution in [0.25, 0.3) is 0 Å². The molecule has 0 saturated carbocycles. The minimum absolute atomic E-state index is 0.270. The maximum Gasteiger partial charge on any atom is 0.165 e. The summed E-state index contributed by atoms with van der Waals surface area (Å²) in [5.74, 6) is 6.61. The van der Waals surface area contributed by atoms with E-state index in [2.05, 4.69) is 23.3 Å². The molecule has 0 fully saturated rings. The van der Waals surface area contributed by atoms with Gasteiger partial charge in [0.05, 0.1) is 11.1 Å². The van der Waals surface area contributed by atoms with Gasteiger partial charge in [-0.05, 0) is 19.3 Å². The van der Waals surface area contributed by atoms with Gasteiger partial charge in [0.15, 0.2) is 5.78 Å². The lowest BCUT2D eigenvalue weighted by Crippen LogP contribution is -2.12. The van der Waals surface area contributed by atoms with E-state index in [0.717, 1.165) is 36.8 Å². The van der Waals surface area contributed by atoms with E-state index in [4.69, 9.17) is 0 Å². The van der Waals surface area contributed by atoms with Crippen LogP contribution in [-0.4, -0.2) is 10.4 Å². The van der Waals surface area contributed by atoms with Crippen LogP contribution in [0.1, 0.15) is 60.6 Å². The molecule has 0 spiro atoms. The molecule has 0 unspecified atom stereocenters. The number of aromatic nitrogens is 1.